The summed E-state index contributed by atoms with van der Waals surface area (Å²) in [5, 5.41) is 109. The SMILES string of the molecule is CCOc1cccc([N+](=O)[O-])c1O.COc1ccc(O)c([N+](=O)[O-])c1.Cc1ccc(O)c([N+](=O)[O-])c1.Cc1ccc(S)c([N+](=O)[O-])c1.O=c1cc[nH]c([N+](=O)[O-])c1.O=c1cc[nH]c([N+](=O)[O-])c1.O=c1cc[nH]c([N+](=O)[O-])c1[N+](=O)[O-]. The summed E-state index contributed by atoms with van der Waals surface area (Å²) in [6, 6.07) is 22.3. The maximum atomic E-state index is 10.8. The molecule has 36 heteroatoms. The highest BCUT2D eigenvalue weighted by Crippen LogP contribution is 2.35. The highest BCUT2D eigenvalue weighted by atomic mass is 32.1. The molecule has 0 unspecified atom stereocenters. The first-order valence-electron chi connectivity index (χ1n) is 21.1. The van der Waals surface area contributed by atoms with Crippen LogP contribution in [0.4, 0.5) is 45.9 Å². The van der Waals surface area contributed by atoms with E-state index in [1.165, 1.54) is 80.2 Å². The molecule has 7 aromatic rings. The number of nitro benzene ring substituents is 4. The zero-order chi connectivity index (χ0) is 61.0. The Bertz CT molecular complexity index is 3430. The van der Waals surface area contributed by atoms with E-state index in [0.29, 0.717) is 17.3 Å². The predicted octanol–water partition coefficient (Wildman–Crippen LogP) is 7.57. The Morgan fingerprint density at radius 2 is 0.950 bits per heavy atom. The molecule has 0 aliphatic heterocycles. The van der Waals surface area contributed by atoms with Crippen molar-refractivity contribution in [2.45, 2.75) is 25.7 Å². The molecule has 0 bridgehead atoms. The molecule has 0 amide bonds. The van der Waals surface area contributed by atoms with E-state index in [1.54, 1.807) is 39.0 Å². The quantitative estimate of drug-likeness (QED) is 0.0373. The molecule has 35 nitrogen and oxygen atoms in total. The largest absolute Gasteiger partial charge is 0.502 e. The lowest BCUT2D eigenvalue weighted by Crippen LogP contribution is -2.10. The van der Waals surface area contributed by atoms with E-state index in [4.69, 9.17) is 19.7 Å². The normalized spacial score (nSPS) is 9.46. The molecule has 7 rings (SSSR count). The van der Waals surface area contributed by atoms with Gasteiger partial charge >= 0.3 is 40.2 Å². The molecule has 0 atom stereocenters. The maximum absolute atomic E-state index is 10.8. The van der Waals surface area contributed by atoms with Crippen molar-refractivity contribution < 1.29 is 64.2 Å². The van der Waals surface area contributed by atoms with Crippen molar-refractivity contribution in [2.24, 2.45) is 0 Å². The number of aromatic hydroxyl groups is 3. The number of ether oxygens (including phenoxy) is 2. The number of nitro groups is 8. The van der Waals surface area contributed by atoms with Crippen LogP contribution < -0.4 is 25.8 Å². The van der Waals surface area contributed by atoms with Crippen LogP contribution >= 0.6 is 12.6 Å². The molecule has 0 radical (unpaired) electrons. The minimum atomic E-state index is -1.09. The minimum Gasteiger partial charge on any atom is -0.502 e. The first kappa shape index (κ1) is 66.3. The van der Waals surface area contributed by atoms with Gasteiger partial charge in [-0.3, -0.25) is 65.0 Å². The van der Waals surface area contributed by atoms with Gasteiger partial charge in [-0.2, -0.15) is 0 Å². The van der Waals surface area contributed by atoms with E-state index < -0.39 is 62.1 Å². The highest BCUT2D eigenvalue weighted by Gasteiger charge is 2.27. The molecule has 422 valence electrons. The van der Waals surface area contributed by atoms with E-state index in [1.807, 2.05) is 4.98 Å². The summed E-state index contributed by atoms with van der Waals surface area (Å²) in [6.07, 6.45) is 3.45. The monoisotopic (exact) mass is 1140 g/mol. The molecular formula is C44H41N11O24S. The van der Waals surface area contributed by atoms with Crippen LogP contribution in [0.5, 0.6) is 28.7 Å². The van der Waals surface area contributed by atoms with E-state index in [-0.39, 0.29) is 62.5 Å². The van der Waals surface area contributed by atoms with Crippen LogP contribution in [0, 0.1) is 94.8 Å². The van der Waals surface area contributed by atoms with Crippen molar-refractivity contribution >= 4 is 58.5 Å². The molecule has 3 aromatic heterocycles. The molecule has 0 saturated carbocycles. The van der Waals surface area contributed by atoms with Crippen LogP contribution in [0.3, 0.4) is 0 Å². The van der Waals surface area contributed by atoms with Crippen molar-refractivity contribution in [3.63, 3.8) is 0 Å². The Labute approximate surface area is 449 Å². The van der Waals surface area contributed by atoms with Crippen molar-refractivity contribution in [3.05, 3.63) is 244 Å². The number of aromatic nitrogens is 3. The number of para-hydroxylation sites is 1. The number of rotatable bonds is 11. The number of aromatic amines is 3. The molecule has 0 spiro atoms. The van der Waals surface area contributed by atoms with Crippen LogP contribution in [0.15, 0.2) is 141 Å². The number of thiol groups is 1. The van der Waals surface area contributed by atoms with E-state index in [9.17, 15) is 100 Å². The Morgan fingerprint density at radius 1 is 0.500 bits per heavy atom. The number of phenols is 3. The van der Waals surface area contributed by atoms with E-state index >= 15 is 0 Å². The Morgan fingerprint density at radius 3 is 1.32 bits per heavy atom. The summed E-state index contributed by atoms with van der Waals surface area (Å²) in [7, 11) is 1.40. The number of hydrogen-bond acceptors (Lipinski definition) is 25. The summed E-state index contributed by atoms with van der Waals surface area (Å²) in [5.41, 5.74) is -2.03. The van der Waals surface area contributed by atoms with Gasteiger partial charge in [-0.15, -0.1) is 12.6 Å². The number of phenolic OH excluding ortho intramolecular Hbond substituents is 3. The molecule has 80 heavy (non-hydrogen) atoms. The first-order valence-corrected chi connectivity index (χ1v) is 21.6. The van der Waals surface area contributed by atoms with Gasteiger partial charge in [0.2, 0.25) is 5.75 Å². The van der Waals surface area contributed by atoms with Crippen molar-refractivity contribution in [1.29, 1.82) is 0 Å². The summed E-state index contributed by atoms with van der Waals surface area (Å²) in [4.78, 5) is 115. The third-order valence-corrected chi connectivity index (χ3v) is 9.07. The summed E-state index contributed by atoms with van der Waals surface area (Å²) >= 11 is 3.94. The van der Waals surface area contributed by atoms with Crippen LogP contribution in [0.2, 0.25) is 0 Å². The molecule has 0 fully saturated rings. The van der Waals surface area contributed by atoms with E-state index in [0.717, 1.165) is 41.6 Å². The fourth-order valence-electron chi connectivity index (χ4n) is 5.12. The highest BCUT2D eigenvalue weighted by molar-refractivity contribution is 7.80. The number of nitrogens with one attached hydrogen (secondary N) is 3. The molecule has 3 heterocycles. The van der Waals surface area contributed by atoms with Crippen molar-refractivity contribution in [3.8, 4) is 28.7 Å². The third kappa shape index (κ3) is 22.4. The Hall–Kier alpha value is -11.7. The van der Waals surface area contributed by atoms with Gasteiger partial charge in [0.1, 0.15) is 5.75 Å². The van der Waals surface area contributed by atoms with Gasteiger partial charge < -0.3 is 55.1 Å². The number of benzene rings is 4. The Kier molecular flexibility index (Phi) is 27.0. The number of methoxy groups -OCH3 is 1. The van der Waals surface area contributed by atoms with Gasteiger partial charge in [0.15, 0.2) is 28.1 Å². The van der Waals surface area contributed by atoms with Crippen LogP contribution in [0.1, 0.15) is 18.1 Å². The topological polar surface area (TPSA) is 523 Å². The fourth-order valence-corrected chi connectivity index (χ4v) is 5.34. The molecule has 0 saturated heterocycles. The van der Waals surface area contributed by atoms with Gasteiger partial charge in [-0.05, 0) is 77.0 Å². The first-order chi connectivity index (χ1) is 37.5. The standard InChI is InChI=1S/C8H9NO4.C7H7NO4.C7H7NO3.C7H7NO2S.C5H3N3O5.2C5H4N2O3/c1-2-13-7-5-3-4-6(8(7)10)9(11)12;1-12-5-2-3-7(9)6(4-5)8(10)11;1-5-2-3-7(9)6(4-5)8(10)11;1-5-2-3-7(11)6(4-5)8(9)10;9-3-1-2-6-5(8(12)13)4(3)7(10)11;2*8-4-1-2-6-5(3-4)7(9)10/h3-5,10H,2H2,1H3;2-4,9H,1H3;2-4,9H,1H3;2-4,11H,1H3;1-2H,(H,6,9);2*1-3H,(H,6,8). The molecular weight excluding hydrogens is 1100 g/mol. The average Bonchev–Trinajstić information content (AvgIpc) is 3.39. The number of aryl methyl sites for hydroxylation is 2. The molecule has 6 N–H and O–H groups in total. The number of nitrogens with zero attached hydrogens (tertiary/aromatic N) is 8. The second kappa shape index (κ2) is 32.6. The number of pyridine rings is 3. The number of hydrogen-bond donors (Lipinski definition) is 7. The fraction of sp³-hybridized carbons (Fsp3) is 0.114. The molecule has 0 aliphatic carbocycles. The lowest BCUT2D eigenvalue weighted by atomic mass is 10.2. The number of H-pyrrole nitrogens is 3. The third-order valence-electron chi connectivity index (χ3n) is 8.70. The lowest BCUT2D eigenvalue weighted by Gasteiger charge is -2.04. The molecule has 0 aliphatic rings. The van der Waals surface area contributed by atoms with Gasteiger partial charge in [0, 0.05) is 36.4 Å². The summed E-state index contributed by atoms with van der Waals surface area (Å²) < 4.78 is 9.72. The second-order valence-electron chi connectivity index (χ2n) is 14.3. The lowest BCUT2D eigenvalue weighted by molar-refractivity contribution is -0.426. The maximum Gasteiger partial charge on any atom is 0.408 e. The summed E-state index contributed by atoms with van der Waals surface area (Å²) in [6.45, 7) is 5.62. The zero-order valence-corrected chi connectivity index (χ0v) is 42.1. The van der Waals surface area contributed by atoms with Gasteiger partial charge in [-0.1, -0.05) is 18.2 Å². The Balaban J connectivity index is 0.000000468. The van der Waals surface area contributed by atoms with Gasteiger partial charge in [0.25, 0.3) is 11.1 Å². The van der Waals surface area contributed by atoms with Crippen LogP contribution in [-0.4, -0.2) is 83.4 Å². The minimum absolute atomic E-state index is 0.0633. The van der Waals surface area contributed by atoms with Gasteiger partial charge in [-0.25, -0.2) is 15.0 Å². The average molecular weight is 1140 g/mol. The van der Waals surface area contributed by atoms with Gasteiger partial charge in [0.05, 0.1) is 80.0 Å². The van der Waals surface area contributed by atoms with Crippen molar-refractivity contribution in [2.75, 3.05) is 13.7 Å². The van der Waals surface area contributed by atoms with E-state index in [2.05, 4.69) is 22.6 Å². The van der Waals surface area contributed by atoms with Crippen molar-refractivity contribution in [1.82, 2.24) is 15.0 Å². The van der Waals surface area contributed by atoms with Crippen LogP contribution in [-0.2, 0) is 0 Å². The smallest absolute Gasteiger partial charge is 0.408 e. The second-order valence-corrected chi connectivity index (χ2v) is 14.8. The molecule has 4 aromatic carbocycles. The van der Waals surface area contributed by atoms with Crippen LogP contribution in [0.25, 0.3) is 0 Å². The predicted molar refractivity (Wildman–Crippen MR) is 280 cm³/mol. The summed E-state index contributed by atoms with van der Waals surface area (Å²) in [5.74, 6) is -2.07. The zero-order valence-electron chi connectivity index (χ0n) is 41.2.